The number of nitrogens with one attached hydrogen (secondary N) is 1. The van der Waals surface area contributed by atoms with E-state index in [4.69, 9.17) is 5.11 Å². The molecule has 6 nitrogen and oxygen atoms in total. The van der Waals surface area contributed by atoms with Gasteiger partial charge in [0.15, 0.2) is 0 Å². The first kappa shape index (κ1) is 12.9. The molecule has 18 heavy (non-hydrogen) atoms. The molecule has 1 saturated heterocycles. The molecule has 0 saturated carbocycles. The number of carbonyl (C=O) groups excluding carboxylic acids is 1. The van der Waals surface area contributed by atoms with Crippen LogP contribution in [0.4, 0.5) is 4.79 Å². The minimum atomic E-state index is -0.0340. The summed E-state index contributed by atoms with van der Waals surface area (Å²) in [4.78, 5) is 17.6. The number of hydrogen-bond acceptors (Lipinski definition) is 3. The van der Waals surface area contributed by atoms with Crippen LogP contribution in [0.2, 0.25) is 0 Å². The number of aliphatic hydroxyl groups excluding tert-OH is 1. The molecule has 0 aliphatic carbocycles. The predicted molar refractivity (Wildman–Crippen MR) is 67.0 cm³/mol. The number of imidazole rings is 1. The van der Waals surface area contributed by atoms with Crippen LogP contribution in [0.25, 0.3) is 0 Å². The van der Waals surface area contributed by atoms with Crippen molar-refractivity contribution in [3.63, 3.8) is 0 Å². The van der Waals surface area contributed by atoms with Gasteiger partial charge in [-0.2, -0.15) is 0 Å². The van der Waals surface area contributed by atoms with Crippen LogP contribution in [0, 0.1) is 5.92 Å². The summed E-state index contributed by atoms with van der Waals surface area (Å²) in [6, 6.07) is -0.0340. The van der Waals surface area contributed by atoms with Crippen molar-refractivity contribution in [1.29, 1.82) is 0 Å². The molecule has 1 aromatic heterocycles. The van der Waals surface area contributed by atoms with Crippen molar-refractivity contribution < 1.29 is 9.90 Å². The molecule has 2 rings (SSSR count). The van der Waals surface area contributed by atoms with Gasteiger partial charge in [0, 0.05) is 45.2 Å². The van der Waals surface area contributed by atoms with Gasteiger partial charge in [0.1, 0.15) is 0 Å². The van der Waals surface area contributed by atoms with Gasteiger partial charge in [-0.3, -0.25) is 0 Å². The van der Waals surface area contributed by atoms with Crippen molar-refractivity contribution in [3.8, 4) is 0 Å². The lowest BCUT2D eigenvalue weighted by atomic mass is 9.99. The highest BCUT2D eigenvalue weighted by Gasteiger charge is 2.22. The van der Waals surface area contributed by atoms with E-state index in [1.54, 1.807) is 17.4 Å². The third-order valence-electron chi connectivity index (χ3n) is 3.27. The number of aromatic nitrogens is 2. The van der Waals surface area contributed by atoms with Crippen molar-refractivity contribution >= 4 is 6.03 Å². The number of likely N-dealkylation sites (tertiary alicyclic amines) is 1. The predicted octanol–water partition coefficient (Wildman–Crippen LogP) is 0.297. The lowest BCUT2D eigenvalue weighted by Crippen LogP contribution is -2.46. The summed E-state index contributed by atoms with van der Waals surface area (Å²) in [6.07, 6.45) is 7.30. The fraction of sp³-hybridized carbons (Fsp3) is 0.667. The Bertz CT molecular complexity index is 366. The molecule has 2 heterocycles. The standard InChI is InChI=1S/C12H20N4O2/c17-9-11-2-1-5-16(8-11)12(18)14-4-7-15-6-3-13-10-15/h3,6,10-11,17H,1-2,4-5,7-9H2,(H,14,18). The van der Waals surface area contributed by atoms with Gasteiger partial charge in [0.25, 0.3) is 0 Å². The molecule has 0 bridgehead atoms. The molecular weight excluding hydrogens is 232 g/mol. The van der Waals surface area contributed by atoms with Crippen LogP contribution < -0.4 is 5.32 Å². The number of amides is 2. The third kappa shape index (κ3) is 3.46. The van der Waals surface area contributed by atoms with Crippen LogP contribution >= 0.6 is 0 Å². The summed E-state index contributed by atoms with van der Waals surface area (Å²) >= 11 is 0. The summed E-state index contributed by atoms with van der Waals surface area (Å²) in [6.45, 7) is 2.93. The van der Waals surface area contributed by atoms with E-state index in [-0.39, 0.29) is 18.6 Å². The second kappa shape index (κ2) is 6.39. The highest BCUT2D eigenvalue weighted by molar-refractivity contribution is 5.74. The average Bonchev–Trinajstić information content (AvgIpc) is 2.92. The lowest BCUT2D eigenvalue weighted by Gasteiger charge is -2.31. The fourth-order valence-electron chi connectivity index (χ4n) is 2.22. The van der Waals surface area contributed by atoms with Crippen LogP contribution in [0.15, 0.2) is 18.7 Å². The van der Waals surface area contributed by atoms with E-state index in [1.807, 2.05) is 10.8 Å². The van der Waals surface area contributed by atoms with Crippen LogP contribution in [-0.4, -0.2) is 51.8 Å². The van der Waals surface area contributed by atoms with Crippen molar-refractivity contribution in [2.75, 3.05) is 26.2 Å². The van der Waals surface area contributed by atoms with E-state index >= 15 is 0 Å². The zero-order valence-corrected chi connectivity index (χ0v) is 10.5. The smallest absolute Gasteiger partial charge is 0.317 e. The molecule has 1 atom stereocenters. The first-order valence-corrected chi connectivity index (χ1v) is 6.39. The molecule has 1 fully saturated rings. The first-order chi connectivity index (χ1) is 8.79. The van der Waals surface area contributed by atoms with Crippen molar-refractivity contribution in [1.82, 2.24) is 19.8 Å². The molecule has 1 aromatic rings. The highest BCUT2D eigenvalue weighted by Crippen LogP contribution is 2.15. The molecule has 6 heteroatoms. The van der Waals surface area contributed by atoms with Gasteiger partial charge < -0.3 is 19.9 Å². The first-order valence-electron chi connectivity index (χ1n) is 6.39. The summed E-state index contributed by atoms with van der Waals surface area (Å²) in [5.41, 5.74) is 0. The molecule has 1 unspecified atom stereocenters. The molecule has 2 N–H and O–H groups in total. The molecule has 0 aromatic carbocycles. The minimum Gasteiger partial charge on any atom is -0.396 e. The zero-order chi connectivity index (χ0) is 12.8. The Labute approximate surface area is 107 Å². The number of rotatable bonds is 4. The van der Waals surface area contributed by atoms with Crippen molar-refractivity contribution in [2.45, 2.75) is 19.4 Å². The van der Waals surface area contributed by atoms with E-state index in [9.17, 15) is 4.79 Å². The maximum absolute atomic E-state index is 11.9. The zero-order valence-electron chi connectivity index (χ0n) is 10.5. The topological polar surface area (TPSA) is 70.4 Å². The van der Waals surface area contributed by atoms with Gasteiger partial charge in [0.05, 0.1) is 6.33 Å². The van der Waals surface area contributed by atoms with Gasteiger partial charge in [-0.25, -0.2) is 9.78 Å². The second-order valence-electron chi connectivity index (χ2n) is 4.67. The van der Waals surface area contributed by atoms with Crippen LogP contribution in [-0.2, 0) is 6.54 Å². The number of urea groups is 1. The van der Waals surface area contributed by atoms with Crippen molar-refractivity contribution in [3.05, 3.63) is 18.7 Å². The molecule has 1 aliphatic heterocycles. The van der Waals surface area contributed by atoms with E-state index in [0.29, 0.717) is 13.1 Å². The van der Waals surface area contributed by atoms with E-state index < -0.39 is 0 Å². The monoisotopic (exact) mass is 252 g/mol. The molecular formula is C12H20N4O2. The Morgan fingerprint density at radius 2 is 2.44 bits per heavy atom. The average molecular weight is 252 g/mol. The summed E-state index contributed by atoms with van der Waals surface area (Å²) in [5, 5.41) is 12.0. The number of aliphatic hydroxyl groups is 1. The molecule has 2 amide bonds. The van der Waals surface area contributed by atoms with Gasteiger partial charge in [-0.1, -0.05) is 0 Å². The normalized spacial score (nSPS) is 19.8. The van der Waals surface area contributed by atoms with Gasteiger partial charge in [-0.05, 0) is 18.8 Å². The lowest BCUT2D eigenvalue weighted by molar-refractivity contribution is 0.129. The minimum absolute atomic E-state index is 0.0340. The molecule has 0 radical (unpaired) electrons. The molecule has 0 spiro atoms. The summed E-state index contributed by atoms with van der Waals surface area (Å²) in [5.74, 6) is 0.234. The number of nitrogens with zero attached hydrogens (tertiary/aromatic N) is 3. The summed E-state index contributed by atoms with van der Waals surface area (Å²) < 4.78 is 1.92. The quantitative estimate of drug-likeness (QED) is 0.809. The van der Waals surface area contributed by atoms with Crippen LogP contribution in [0.5, 0.6) is 0 Å². The third-order valence-corrected chi connectivity index (χ3v) is 3.27. The molecule has 1 aliphatic rings. The number of piperidine rings is 1. The van der Waals surface area contributed by atoms with E-state index in [0.717, 1.165) is 25.9 Å². The number of hydrogen-bond donors (Lipinski definition) is 2. The Balaban J connectivity index is 1.70. The highest BCUT2D eigenvalue weighted by atomic mass is 16.3. The second-order valence-corrected chi connectivity index (χ2v) is 4.67. The Kier molecular flexibility index (Phi) is 4.58. The SMILES string of the molecule is O=C(NCCn1ccnc1)N1CCCC(CO)C1. The van der Waals surface area contributed by atoms with Crippen LogP contribution in [0.3, 0.4) is 0 Å². The Morgan fingerprint density at radius 1 is 1.56 bits per heavy atom. The molecule has 100 valence electrons. The van der Waals surface area contributed by atoms with Crippen molar-refractivity contribution in [2.24, 2.45) is 5.92 Å². The summed E-state index contributed by atoms with van der Waals surface area (Å²) in [7, 11) is 0. The number of carbonyl (C=O) groups is 1. The van der Waals surface area contributed by atoms with Crippen LogP contribution in [0.1, 0.15) is 12.8 Å². The Morgan fingerprint density at radius 3 is 3.17 bits per heavy atom. The maximum Gasteiger partial charge on any atom is 0.317 e. The largest absolute Gasteiger partial charge is 0.396 e. The van der Waals surface area contributed by atoms with Gasteiger partial charge in [0.2, 0.25) is 0 Å². The fourth-order valence-corrected chi connectivity index (χ4v) is 2.22. The van der Waals surface area contributed by atoms with E-state index in [1.165, 1.54) is 0 Å². The van der Waals surface area contributed by atoms with E-state index in [2.05, 4.69) is 10.3 Å². The Hall–Kier alpha value is -1.56. The maximum atomic E-state index is 11.9. The van der Waals surface area contributed by atoms with Gasteiger partial charge in [-0.15, -0.1) is 0 Å². The van der Waals surface area contributed by atoms with Gasteiger partial charge >= 0.3 is 6.03 Å².